The van der Waals surface area contributed by atoms with Gasteiger partial charge in [-0.05, 0) is 135 Å². The van der Waals surface area contributed by atoms with Gasteiger partial charge in [-0.25, -0.2) is 4.98 Å². The highest BCUT2D eigenvalue weighted by atomic mass is 32.2. The van der Waals surface area contributed by atoms with Gasteiger partial charge in [-0.15, -0.1) is 23.1 Å². The predicted octanol–water partition coefficient (Wildman–Crippen LogP) is 0.0337. The molecule has 137 heavy (non-hydrogen) atoms. The number of ketones is 2. The molecule has 43 heteroatoms. The highest BCUT2D eigenvalue weighted by molar-refractivity contribution is 8.00. The number of nitrogens with two attached hydrogens (primary N) is 3. The molecule has 0 radical (unpaired) electrons. The second kappa shape index (κ2) is 50.8. The number of nitrogens with zero attached hydrogens (tertiary/aromatic N) is 5. The number of aliphatic hydroxyl groups is 2. The van der Waals surface area contributed by atoms with Crippen LogP contribution in [-0.4, -0.2) is 293 Å². The van der Waals surface area contributed by atoms with Crippen LogP contribution >= 0.6 is 23.1 Å². The third-order valence-electron chi connectivity index (χ3n) is 25.5. The van der Waals surface area contributed by atoms with Crippen LogP contribution in [0.1, 0.15) is 159 Å². The number of para-hydroxylation sites is 1. The predicted molar refractivity (Wildman–Crippen MR) is 508 cm³/mol. The first-order chi connectivity index (χ1) is 65.5. The van der Waals surface area contributed by atoms with Crippen LogP contribution in [0.3, 0.4) is 0 Å². The molecule has 0 bridgehead atoms. The molecular formula is C94H129N21O20S2. The van der Waals surface area contributed by atoms with Crippen molar-refractivity contribution in [3.05, 3.63) is 119 Å². The van der Waals surface area contributed by atoms with Gasteiger partial charge in [0.25, 0.3) is 0 Å². The normalized spacial score (nSPS) is 25.6. The summed E-state index contributed by atoms with van der Waals surface area (Å²) in [5.74, 6) is -21.6. The summed E-state index contributed by atoms with van der Waals surface area (Å²) in [6.45, 7) is 5.48. The number of aromatic hydroxyl groups is 1. The molecule has 6 heterocycles. The van der Waals surface area contributed by atoms with Crippen LogP contribution in [-0.2, 0) is 107 Å². The topological polar surface area (TPSA) is 631 Å². The largest absolute Gasteiger partial charge is 0.508 e. The van der Waals surface area contributed by atoms with Crippen molar-refractivity contribution in [3.63, 3.8) is 0 Å². The fourth-order valence-electron chi connectivity index (χ4n) is 18.2. The monoisotopic (exact) mass is 1940 g/mol. The van der Waals surface area contributed by atoms with Crippen molar-refractivity contribution in [3.8, 4) is 5.75 Å². The van der Waals surface area contributed by atoms with Gasteiger partial charge >= 0.3 is 0 Å². The number of aromatic amines is 2. The van der Waals surface area contributed by atoms with E-state index in [2.05, 4.69) is 68.1 Å². The van der Waals surface area contributed by atoms with Gasteiger partial charge in [0.15, 0.2) is 17.5 Å². The molecule has 742 valence electrons. The van der Waals surface area contributed by atoms with Crippen LogP contribution in [0.5, 0.6) is 5.75 Å². The van der Waals surface area contributed by atoms with Crippen molar-refractivity contribution in [2.24, 2.45) is 40.9 Å². The van der Waals surface area contributed by atoms with Gasteiger partial charge in [-0.3, -0.25) is 86.9 Å². The molecule has 1 saturated carbocycles. The number of phenols is 1. The number of amides is 15. The smallest absolute Gasteiger partial charge is 0.246 e. The highest BCUT2D eigenvalue weighted by Crippen LogP contribution is 2.36. The Bertz CT molecular complexity index is 5300. The summed E-state index contributed by atoms with van der Waals surface area (Å²) in [5, 5.41) is 71.4. The van der Waals surface area contributed by atoms with E-state index in [1.165, 1.54) is 76.9 Å². The molecule has 3 aromatic carbocycles. The lowest BCUT2D eigenvalue weighted by Gasteiger charge is -2.36. The molecule has 3 aromatic heterocycles. The summed E-state index contributed by atoms with van der Waals surface area (Å²) < 4.78 is 0.835. The van der Waals surface area contributed by atoms with Crippen LogP contribution in [0.25, 0.3) is 21.0 Å². The number of aliphatic hydroxyl groups excluding tert-OH is 2. The minimum atomic E-state index is -1.83. The second-order valence-electron chi connectivity index (χ2n) is 36.0. The summed E-state index contributed by atoms with van der Waals surface area (Å²) in [5.41, 5.74) is 19.5. The van der Waals surface area contributed by atoms with E-state index < -0.39 is 240 Å². The number of hydrogen-bond acceptors (Lipinski definition) is 24. The van der Waals surface area contributed by atoms with Crippen molar-refractivity contribution in [1.29, 1.82) is 5.41 Å². The molecule has 16 atom stereocenters. The number of likely N-dealkylation sites (N-methyl/N-ethyl adjacent to an activating group) is 2. The van der Waals surface area contributed by atoms with Crippen molar-refractivity contribution >= 4 is 150 Å². The Morgan fingerprint density at radius 1 is 0.584 bits per heavy atom. The number of thioether (sulfide) groups is 1. The number of H-pyrrole nitrogens is 2. The number of Topliss-reactive ketones (excluding diaryl/α,β-unsaturated/α-hetero) is 2. The first-order valence-electron chi connectivity index (χ1n) is 46.6. The standard InChI is InChI=1S/C94H129N21O20S2/c1-7-9-22-70-86(128)105-62(21-15-33-100-94(97)98)84(126)111-69(83(125)102-45-78(96)121)48-136-49-79(122)104-64(37-52-27-29-57(117)30-28-52)81(123)60-31-32-74(118)80(60)89(131)110-68(42-77(95)120)92(134)115-35-17-25-72(115)88(130)107-65(41-56-44-99-50-103-56)85(127)109-66(36-51(3)4)91(133)114-34-16-24-71(114)87(129)106-63(38-53-43-101-61-20-13-11-18-58(53)61)75(119)40-54(46-116)82(124)108-67(39-55-47-137-76-26-14-12-19-59(55)76)90(132)113(6)73(23-10-8-2)93(135)112(70)5/h11-14,18-20,26-30,43-44,47,50-51,54,60,62-74,80,101,116-118H,7-10,15-17,21-25,31-42,45-46,48-49H2,1-6H3,(H2,95,120)(H2,96,121)(H,99,103)(H,102,125)(H,104,122)(H,105,128)(H,106,129)(H,107,130)(H,108,124)(H,109,127)(H,110,131)(H,111,126)(H4,97,98,100)/t54-,60?,62-,63-,64-,65-,66-,67-,68-,69-,70-,71-,72-,73-,74-,80-/m0/s1. The molecule has 41 nitrogen and oxygen atoms in total. The molecule has 6 aromatic rings. The molecule has 10 rings (SSSR count). The number of carbonyl (C=O) groups is 17. The van der Waals surface area contributed by atoms with Crippen LogP contribution in [0.2, 0.25) is 0 Å². The number of carbonyl (C=O) groups excluding carboxylic acids is 17. The molecule has 1 unspecified atom stereocenters. The number of unbranched alkanes of at least 4 members (excludes halogenated alkanes) is 2. The van der Waals surface area contributed by atoms with Gasteiger partial charge < -0.3 is 115 Å². The summed E-state index contributed by atoms with van der Waals surface area (Å²) in [4.78, 5) is 267. The lowest BCUT2D eigenvalue weighted by atomic mass is 9.84. The first kappa shape index (κ1) is 106. The number of fused-ring (bicyclic) bond motifs is 5. The van der Waals surface area contributed by atoms with E-state index in [0.29, 0.717) is 59.0 Å². The number of benzene rings is 3. The number of guanidine groups is 1. The molecule has 15 amide bonds. The van der Waals surface area contributed by atoms with Crippen LogP contribution in [0.4, 0.5) is 0 Å². The van der Waals surface area contributed by atoms with E-state index in [9.17, 15) is 44.1 Å². The van der Waals surface area contributed by atoms with Gasteiger partial charge in [0.2, 0.25) is 88.6 Å². The van der Waals surface area contributed by atoms with Gasteiger partial charge in [-0.1, -0.05) is 102 Å². The summed E-state index contributed by atoms with van der Waals surface area (Å²) in [7, 11) is 2.74. The number of aromatic nitrogens is 3. The molecule has 4 aliphatic rings. The van der Waals surface area contributed by atoms with Crippen molar-refractivity contribution in [1.82, 2.24) is 87.7 Å². The van der Waals surface area contributed by atoms with Gasteiger partial charge in [0.05, 0.1) is 61.7 Å². The number of rotatable bonds is 26. The maximum Gasteiger partial charge on any atom is 0.246 e. The minimum absolute atomic E-state index is 0.00391. The Hall–Kier alpha value is -12.9. The number of thiophene rings is 1. The SMILES string of the molecule is CCCC[C@H]1C(=O)N(C)[C@@H](CCCC)C(=O)N[C@@H](CCCNC(=N)N)C(=O)N[C@H](C(=O)NCC(N)=O)CSCC(=O)N[C@@H](Cc2ccc(O)cc2)C(=O)C2CC[C@H](O)[C@H]2C(=O)N[C@@H](CC(N)=O)C(=O)N2CCC[C@H]2C(=O)N[C@@H](Cc2cnc[nH]2)C(=O)N[C@@H](CC(C)C)C(=O)N2CCC[C@H]2C(=O)N[C@@H](Cc2c[nH]c3ccccc23)C(=O)C[C@@H](CO)C(=O)N[C@@H](Cc2csc3ccccc23)C(=O)N1C. The second-order valence-corrected chi connectivity index (χ2v) is 38.0. The fraction of sp³-hybridized carbons (Fsp3) is 0.543. The third-order valence-corrected chi connectivity index (χ3v) is 27.6. The summed E-state index contributed by atoms with van der Waals surface area (Å²) >= 11 is 2.13. The number of primary amides is 2. The van der Waals surface area contributed by atoms with Crippen LogP contribution in [0.15, 0.2) is 96.9 Å². The molecule has 4 fully saturated rings. The molecule has 3 saturated heterocycles. The Morgan fingerprint density at radius 2 is 1.19 bits per heavy atom. The third kappa shape index (κ3) is 29.1. The maximum absolute atomic E-state index is 15.8. The number of phenolic OH excluding ortho intramolecular Hbond substituents is 1. The Balaban J connectivity index is 1.02. The van der Waals surface area contributed by atoms with E-state index in [1.807, 2.05) is 37.4 Å². The molecule has 0 spiro atoms. The van der Waals surface area contributed by atoms with Gasteiger partial charge in [0, 0.05) is 105 Å². The fourth-order valence-corrected chi connectivity index (χ4v) is 20.0. The van der Waals surface area contributed by atoms with Crippen molar-refractivity contribution in [2.45, 2.75) is 241 Å². The molecular weight excluding hydrogens is 1810 g/mol. The van der Waals surface area contributed by atoms with Crippen LogP contribution in [0, 0.1) is 29.1 Å². The zero-order valence-electron chi connectivity index (χ0n) is 77.9. The number of nitrogens with one attached hydrogen (secondary N) is 13. The zero-order valence-corrected chi connectivity index (χ0v) is 79.6. The maximum atomic E-state index is 15.8. The average molecular weight is 1940 g/mol. The Labute approximate surface area is 801 Å². The van der Waals surface area contributed by atoms with Gasteiger partial charge in [-0.2, -0.15) is 0 Å². The number of imidazole rings is 1. The first-order valence-corrected chi connectivity index (χ1v) is 48.7. The minimum Gasteiger partial charge on any atom is -0.508 e. The van der Waals surface area contributed by atoms with E-state index in [-0.39, 0.29) is 128 Å². The average Bonchev–Trinajstić information content (AvgIpc) is 1.74. The quantitative estimate of drug-likeness (QED) is 0.0194. The molecule has 22 N–H and O–H groups in total. The van der Waals surface area contributed by atoms with Crippen molar-refractivity contribution < 1.29 is 96.8 Å². The van der Waals surface area contributed by atoms with E-state index in [4.69, 9.17) is 22.6 Å². The Kier molecular flexibility index (Phi) is 39.3. The lowest BCUT2D eigenvalue weighted by Crippen LogP contribution is -2.60. The van der Waals surface area contributed by atoms with E-state index >= 15 is 52.7 Å². The zero-order chi connectivity index (χ0) is 99.4. The highest BCUT2D eigenvalue weighted by Gasteiger charge is 2.50. The van der Waals surface area contributed by atoms with Crippen LogP contribution < -0.4 is 70.4 Å². The summed E-state index contributed by atoms with van der Waals surface area (Å²) in [6, 6.07) is 2.37. The van der Waals surface area contributed by atoms with E-state index in [1.54, 1.807) is 50.4 Å². The summed E-state index contributed by atoms with van der Waals surface area (Å²) in [6.07, 6.45) is 2.10. The molecule has 3 aliphatic heterocycles. The van der Waals surface area contributed by atoms with Crippen molar-refractivity contribution in [2.75, 3.05) is 58.4 Å². The molecule has 1 aliphatic carbocycles. The van der Waals surface area contributed by atoms with E-state index in [0.717, 1.165) is 26.7 Å². The Morgan fingerprint density at radius 3 is 1.83 bits per heavy atom. The number of hydrogen-bond donors (Lipinski definition) is 19. The van der Waals surface area contributed by atoms with Gasteiger partial charge in [0.1, 0.15) is 66.2 Å². The lowest BCUT2D eigenvalue weighted by molar-refractivity contribution is -0.149.